The molecule has 2 N–H and O–H groups in total. The Morgan fingerprint density at radius 1 is 1.10 bits per heavy atom. The number of nitrogen functional groups attached to an aromatic ring is 1. The first-order valence-electron chi connectivity index (χ1n) is 9.42. The number of aryl methyl sites for hydroxylation is 1. The number of esters is 2. The zero-order valence-electron chi connectivity index (χ0n) is 17.3. The summed E-state index contributed by atoms with van der Waals surface area (Å²) in [6.45, 7) is 4.70. The highest BCUT2D eigenvalue weighted by Crippen LogP contribution is 2.33. The molecule has 2 heterocycles. The third-order valence-corrected chi connectivity index (χ3v) is 5.47. The van der Waals surface area contributed by atoms with Gasteiger partial charge >= 0.3 is 11.9 Å². The molecule has 0 aliphatic carbocycles. The van der Waals surface area contributed by atoms with E-state index in [-0.39, 0.29) is 37.2 Å². The number of carbonyl (C=O) groups excluding carboxylic acids is 3. The molecule has 0 spiro atoms. The highest BCUT2D eigenvalue weighted by atomic mass is 32.1. The lowest BCUT2D eigenvalue weighted by molar-refractivity contribution is -0.147. The van der Waals surface area contributed by atoms with Gasteiger partial charge in [0.2, 0.25) is 0 Å². The number of anilines is 1. The maximum absolute atomic E-state index is 12.1. The molecule has 0 amide bonds. The number of thiophene rings is 1. The van der Waals surface area contributed by atoms with Gasteiger partial charge in [-0.1, -0.05) is 0 Å². The minimum Gasteiger partial charge on any atom is -0.482 e. The largest absolute Gasteiger partial charge is 0.482 e. The molecule has 162 valence electrons. The van der Waals surface area contributed by atoms with Crippen LogP contribution in [0.2, 0.25) is 0 Å². The van der Waals surface area contributed by atoms with Gasteiger partial charge < -0.3 is 19.9 Å². The Labute approximate surface area is 182 Å². The highest BCUT2D eigenvalue weighted by molar-refractivity contribution is 7.20. The van der Waals surface area contributed by atoms with Crippen LogP contribution >= 0.6 is 11.3 Å². The molecule has 0 aliphatic heterocycles. The van der Waals surface area contributed by atoms with E-state index in [4.69, 9.17) is 19.9 Å². The Morgan fingerprint density at radius 3 is 2.45 bits per heavy atom. The molecule has 0 fully saturated rings. The van der Waals surface area contributed by atoms with E-state index in [9.17, 15) is 14.4 Å². The Kier molecular flexibility index (Phi) is 6.81. The van der Waals surface area contributed by atoms with E-state index in [1.165, 1.54) is 6.92 Å². The van der Waals surface area contributed by atoms with E-state index in [1.807, 2.05) is 0 Å². The number of ketones is 1. The zero-order valence-corrected chi connectivity index (χ0v) is 18.1. The Balaban J connectivity index is 1.63. The standard InChI is InChI=1S/C21H21N3O6S/c1-4-28-21(27)18-11(2)17-19(22)23-15(24-20(17)31-18)9-30-16(26)10-29-14-7-5-13(6-8-14)12(3)25/h5-8H,4,9-10H2,1-3H3,(H2,22,23,24). The summed E-state index contributed by atoms with van der Waals surface area (Å²) >= 11 is 1.15. The fourth-order valence-electron chi connectivity index (χ4n) is 2.79. The van der Waals surface area contributed by atoms with Crippen molar-refractivity contribution < 1.29 is 28.6 Å². The van der Waals surface area contributed by atoms with E-state index in [0.717, 1.165) is 11.3 Å². The second-order valence-corrected chi connectivity index (χ2v) is 7.51. The van der Waals surface area contributed by atoms with Gasteiger partial charge in [0.1, 0.15) is 21.3 Å². The van der Waals surface area contributed by atoms with Crippen LogP contribution in [0.3, 0.4) is 0 Å². The number of ether oxygens (including phenoxy) is 3. The second kappa shape index (κ2) is 9.52. The Bertz CT molecular complexity index is 1140. The van der Waals surface area contributed by atoms with Crippen molar-refractivity contribution in [3.8, 4) is 5.75 Å². The summed E-state index contributed by atoms with van der Waals surface area (Å²) in [4.78, 5) is 44.8. The maximum atomic E-state index is 12.1. The molecule has 9 nitrogen and oxygen atoms in total. The highest BCUT2D eigenvalue weighted by Gasteiger charge is 2.20. The molecule has 0 unspecified atom stereocenters. The molecule has 0 saturated heterocycles. The molecule has 0 radical (unpaired) electrons. The van der Waals surface area contributed by atoms with Crippen LogP contribution in [0.1, 0.15) is 45.3 Å². The summed E-state index contributed by atoms with van der Waals surface area (Å²) in [7, 11) is 0. The first-order valence-corrected chi connectivity index (χ1v) is 10.2. The normalized spacial score (nSPS) is 10.7. The van der Waals surface area contributed by atoms with Crippen molar-refractivity contribution in [2.45, 2.75) is 27.4 Å². The predicted octanol–water partition coefficient (Wildman–Crippen LogP) is 3.08. The van der Waals surface area contributed by atoms with Crippen LogP contribution in [0.4, 0.5) is 5.82 Å². The van der Waals surface area contributed by atoms with Crippen LogP contribution in [0, 0.1) is 6.92 Å². The number of nitrogens with zero attached hydrogens (tertiary/aromatic N) is 2. The second-order valence-electron chi connectivity index (χ2n) is 6.51. The van der Waals surface area contributed by atoms with Crippen molar-refractivity contribution in [2.24, 2.45) is 0 Å². The van der Waals surface area contributed by atoms with Crippen molar-refractivity contribution in [1.82, 2.24) is 9.97 Å². The maximum Gasteiger partial charge on any atom is 0.348 e. The average molecular weight is 443 g/mol. The fraction of sp³-hybridized carbons (Fsp3) is 0.286. The van der Waals surface area contributed by atoms with Gasteiger partial charge in [-0.25, -0.2) is 19.6 Å². The smallest absolute Gasteiger partial charge is 0.348 e. The van der Waals surface area contributed by atoms with Crippen LogP contribution in [0.25, 0.3) is 10.2 Å². The lowest BCUT2D eigenvalue weighted by atomic mass is 10.1. The predicted molar refractivity (Wildman–Crippen MR) is 114 cm³/mol. The van der Waals surface area contributed by atoms with Gasteiger partial charge in [-0.15, -0.1) is 11.3 Å². The fourth-order valence-corrected chi connectivity index (χ4v) is 3.89. The summed E-state index contributed by atoms with van der Waals surface area (Å²) in [5, 5.41) is 0.584. The molecule has 10 heteroatoms. The van der Waals surface area contributed by atoms with E-state index in [0.29, 0.717) is 32.0 Å². The van der Waals surface area contributed by atoms with Gasteiger partial charge in [0.15, 0.2) is 24.8 Å². The number of benzene rings is 1. The number of fused-ring (bicyclic) bond motifs is 1. The van der Waals surface area contributed by atoms with Crippen LogP contribution in [0.15, 0.2) is 24.3 Å². The van der Waals surface area contributed by atoms with Gasteiger partial charge in [-0.3, -0.25) is 4.79 Å². The van der Waals surface area contributed by atoms with Crippen LogP contribution in [-0.4, -0.2) is 40.9 Å². The molecule has 0 aliphatic rings. The van der Waals surface area contributed by atoms with Crippen molar-refractivity contribution in [2.75, 3.05) is 18.9 Å². The average Bonchev–Trinajstić information content (AvgIpc) is 3.08. The van der Waals surface area contributed by atoms with E-state index < -0.39 is 11.9 Å². The Hall–Kier alpha value is -3.53. The number of hydrogen-bond donors (Lipinski definition) is 1. The molecule has 3 rings (SSSR count). The first-order chi connectivity index (χ1) is 14.8. The minimum atomic E-state index is -0.618. The van der Waals surface area contributed by atoms with Crippen LogP contribution < -0.4 is 10.5 Å². The Morgan fingerprint density at radius 2 is 1.81 bits per heavy atom. The van der Waals surface area contributed by atoms with Crippen molar-refractivity contribution >= 4 is 45.1 Å². The van der Waals surface area contributed by atoms with Gasteiger partial charge in [0.05, 0.1) is 12.0 Å². The SMILES string of the molecule is CCOC(=O)c1sc2nc(COC(=O)COc3ccc(C(C)=O)cc3)nc(N)c2c1C. The zero-order chi connectivity index (χ0) is 22.5. The number of nitrogens with two attached hydrogens (primary N) is 1. The molecule has 0 bridgehead atoms. The molecular formula is C21H21N3O6S. The van der Waals surface area contributed by atoms with Crippen molar-refractivity contribution in [3.63, 3.8) is 0 Å². The summed E-state index contributed by atoms with van der Waals surface area (Å²) in [6.07, 6.45) is 0. The number of Topliss-reactive ketones (excluding diaryl/α,β-unsaturated/α-hetero) is 1. The van der Waals surface area contributed by atoms with Gasteiger partial charge in [-0.2, -0.15) is 0 Å². The van der Waals surface area contributed by atoms with E-state index in [2.05, 4.69) is 9.97 Å². The molecule has 3 aromatic rings. The van der Waals surface area contributed by atoms with Gasteiger partial charge in [0.25, 0.3) is 0 Å². The first kappa shape index (κ1) is 22.2. The molecule has 0 saturated carbocycles. The number of hydrogen-bond acceptors (Lipinski definition) is 10. The summed E-state index contributed by atoms with van der Waals surface area (Å²) in [6, 6.07) is 6.43. The molecule has 2 aromatic heterocycles. The minimum absolute atomic E-state index is 0.0579. The van der Waals surface area contributed by atoms with E-state index in [1.54, 1.807) is 38.1 Å². The quantitative estimate of drug-likeness (QED) is 0.412. The van der Waals surface area contributed by atoms with Gasteiger partial charge in [0, 0.05) is 5.56 Å². The summed E-state index contributed by atoms with van der Waals surface area (Å²) < 4.78 is 15.6. The molecule has 31 heavy (non-hydrogen) atoms. The monoisotopic (exact) mass is 443 g/mol. The van der Waals surface area contributed by atoms with Crippen molar-refractivity contribution in [3.05, 3.63) is 46.1 Å². The topological polar surface area (TPSA) is 131 Å². The molecular weight excluding hydrogens is 422 g/mol. The van der Waals surface area contributed by atoms with Crippen molar-refractivity contribution in [1.29, 1.82) is 0 Å². The van der Waals surface area contributed by atoms with Gasteiger partial charge in [-0.05, 0) is 50.6 Å². The van der Waals surface area contributed by atoms with Crippen LogP contribution in [-0.2, 0) is 20.9 Å². The molecule has 0 atom stereocenters. The third-order valence-electron chi connectivity index (χ3n) is 4.31. The van der Waals surface area contributed by atoms with Crippen LogP contribution in [0.5, 0.6) is 5.75 Å². The summed E-state index contributed by atoms with van der Waals surface area (Å²) in [5.41, 5.74) is 7.24. The lowest BCUT2D eigenvalue weighted by Gasteiger charge is -2.07. The lowest BCUT2D eigenvalue weighted by Crippen LogP contribution is -2.15. The third kappa shape index (κ3) is 5.15. The van der Waals surface area contributed by atoms with E-state index >= 15 is 0 Å². The number of rotatable bonds is 8. The molecule has 1 aromatic carbocycles. The summed E-state index contributed by atoms with van der Waals surface area (Å²) in [5.74, 6) is -0.277. The number of carbonyl (C=O) groups is 3. The number of aromatic nitrogens is 2.